The molecule has 28 heavy (non-hydrogen) atoms. The number of amides is 1. The number of aliphatic hydroxyl groups excluding tert-OH is 1. The SMILES string of the molecule is N#C[C@@H]1C[C@H]1C(=O)Nc1cc2cc(-c3cnccc3CCO)cc(N)c2cn1. The van der Waals surface area contributed by atoms with Crippen molar-refractivity contribution >= 4 is 28.2 Å². The first-order valence-electron chi connectivity index (χ1n) is 9.04. The highest BCUT2D eigenvalue weighted by molar-refractivity contribution is 6.00. The van der Waals surface area contributed by atoms with E-state index in [1.165, 1.54) is 0 Å². The van der Waals surface area contributed by atoms with Crippen molar-refractivity contribution in [1.82, 2.24) is 9.97 Å². The minimum Gasteiger partial charge on any atom is -0.398 e. The molecule has 2 heterocycles. The molecule has 4 rings (SSSR count). The van der Waals surface area contributed by atoms with Gasteiger partial charge in [0.15, 0.2) is 0 Å². The number of carbonyl (C=O) groups is 1. The summed E-state index contributed by atoms with van der Waals surface area (Å²) in [5.74, 6) is -0.201. The molecule has 140 valence electrons. The molecule has 7 nitrogen and oxygen atoms in total. The summed E-state index contributed by atoms with van der Waals surface area (Å²) in [4.78, 5) is 20.7. The molecule has 1 fully saturated rings. The minimum absolute atomic E-state index is 0.0467. The largest absolute Gasteiger partial charge is 0.398 e. The van der Waals surface area contributed by atoms with Crippen LogP contribution in [-0.4, -0.2) is 27.6 Å². The predicted octanol–water partition coefficient (Wildman–Crippen LogP) is 2.51. The molecular formula is C21H19N5O2. The lowest BCUT2D eigenvalue weighted by Crippen LogP contribution is -2.15. The Morgan fingerprint density at radius 1 is 1.36 bits per heavy atom. The third kappa shape index (κ3) is 3.38. The number of anilines is 2. The topological polar surface area (TPSA) is 125 Å². The summed E-state index contributed by atoms with van der Waals surface area (Å²) in [6.07, 6.45) is 6.21. The van der Waals surface area contributed by atoms with Gasteiger partial charge in [-0.3, -0.25) is 9.78 Å². The number of pyridine rings is 2. The van der Waals surface area contributed by atoms with E-state index >= 15 is 0 Å². The minimum atomic E-state index is -0.254. The third-order valence-corrected chi connectivity index (χ3v) is 5.02. The second-order valence-corrected chi connectivity index (χ2v) is 6.93. The molecule has 0 aliphatic heterocycles. The number of nitrogen functional groups attached to an aromatic ring is 1. The van der Waals surface area contributed by atoms with Crippen LogP contribution in [0.5, 0.6) is 0 Å². The number of rotatable bonds is 5. The number of hydrogen-bond donors (Lipinski definition) is 3. The van der Waals surface area contributed by atoms with Gasteiger partial charge in [0.05, 0.1) is 17.9 Å². The molecule has 7 heteroatoms. The van der Waals surface area contributed by atoms with E-state index in [1.807, 2.05) is 18.2 Å². The van der Waals surface area contributed by atoms with Crippen LogP contribution in [0, 0.1) is 23.2 Å². The summed E-state index contributed by atoms with van der Waals surface area (Å²) in [6.45, 7) is 0.0467. The van der Waals surface area contributed by atoms with Crippen molar-refractivity contribution in [3.8, 4) is 17.2 Å². The van der Waals surface area contributed by atoms with Crippen LogP contribution in [0.25, 0.3) is 21.9 Å². The van der Waals surface area contributed by atoms with Crippen LogP contribution in [0.2, 0.25) is 0 Å². The van der Waals surface area contributed by atoms with Gasteiger partial charge in [-0.25, -0.2) is 4.98 Å². The summed E-state index contributed by atoms with van der Waals surface area (Å²) in [6, 6.07) is 9.60. The number of aromatic nitrogens is 2. The predicted molar refractivity (Wildman–Crippen MR) is 106 cm³/mol. The van der Waals surface area contributed by atoms with Crippen molar-refractivity contribution in [2.75, 3.05) is 17.7 Å². The number of aliphatic hydroxyl groups is 1. The highest BCUT2D eigenvalue weighted by Gasteiger charge is 2.43. The average molecular weight is 373 g/mol. The first-order chi connectivity index (χ1) is 13.6. The maximum Gasteiger partial charge on any atom is 0.230 e. The van der Waals surface area contributed by atoms with Crippen molar-refractivity contribution in [3.05, 3.63) is 48.4 Å². The molecule has 1 aromatic carbocycles. The first-order valence-corrected chi connectivity index (χ1v) is 9.04. The summed E-state index contributed by atoms with van der Waals surface area (Å²) >= 11 is 0. The number of nitriles is 1. The van der Waals surface area contributed by atoms with Gasteiger partial charge in [0, 0.05) is 41.8 Å². The molecule has 1 amide bonds. The summed E-state index contributed by atoms with van der Waals surface area (Å²) < 4.78 is 0. The molecule has 0 spiro atoms. The molecule has 1 aliphatic rings. The smallest absolute Gasteiger partial charge is 0.230 e. The standard InChI is InChI=1S/C21H19N5O2/c22-9-15-6-16(15)21(28)26-20-8-14-5-13(7-19(23)18(14)11-25-20)17-10-24-3-1-12(17)2-4-27/h1,3,5,7-8,10-11,15-16,27H,2,4,6,23H2,(H,25,26,28)/t15-,16+/m0/s1. The van der Waals surface area contributed by atoms with Crippen LogP contribution in [-0.2, 0) is 11.2 Å². The zero-order valence-electron chi connectivity index (χ0n) is 15.1. The van der Waals surface area contributed by atoms with Gasteiger partial charge in [-0.05, 0) is 53.6 Å². The van der Waals surface area contributed by atoms with Gasteiger partial charge in [-0.15, -0.1) is 0 Å². The molecule has 0 saturated heterocycles. The van der Waals surface area contributed by atoms with Crippen molar-refractivity contribution in [3.63, 3.8) is 0 Å². The van der Waals surface area contributed by atoms with Crippen LogP contribution in [0.1, 0.15) is 12.0 Å². The molecular weight excluding hydrogens is 354 g/mol. The molecule has 4 N–H and O–H groups in total. The number of nitrogens with one attached hydrogen (secondary N) is 1. The maximum atomic E-state index is 12.2. The molecule has 2 atom stereocenters. The number of nitrogens with two attached hydrogens (primary N) is 1. The molecule has 3 aromatic rings. The van der Waals surface area contributed by atoms with Crippen molar-refractivity contribution in [2.45, 2.75) is 12.8 Å². The zero-order valence-corrected chi connectivity index (χ0v) is 15.1. The van der Waals surface area contributed by atoms with Gasteiger partial charge in [0.1, 0.15) is 5.82 Å². The van der Waals surface area contributed by atoms with E-state index < -0.39 is 0 Å². The van der Waals surface area contributed by atoms with Gasteiger partial charge in [0.25, 0.3) is 0 Å². The highest BCUT2D eigenvalue weighted by Crippen LogP contribution is 2.38. The van der Waals surface area contributed by atoms with Gasteiger partial charge in [0.2, 0.25) is 5.91 Å². The van der Waals surface area contributed by atoms with E-state index in [4.69, 9.17) is 11.0 Å². The van der Waals surface area contributed by atoms with E-state index in [-0.39, 0.29) is 24.3 Å². The Morgan fingerprint density at radius 2 is 2.21 bits per heavy atom. The van der Waals surface area contributed by atoms with Crippen molar-refractivity contribution in [2.24, 2.45) is 11.8 Å². The van der Waals surface area contributed by atoms with Gasteiger partial charge in [-0.1, -0.05) is 0 Å². The Hall–Kier alpha value is -3.50. The number of hydrogen-bond acceptors (Lipinski definition) is 6. The van der Waals surface area contributed by atoms with Crippen LogP contribution in [0.15, 0.2) is 42.9 Å². The van der Waals surface area contributed by atoms with Crippen molar-refractivity contribution in [1.29, 1.82) is 5.26 Å². The molecule has 2 aromatic heterocycles. The van der Waals surface area contributed by atoms with Crippen LogP contribution >= 0.6 is 0 Å². The monoisotopic (exact) mass is 373 g/mol. The number of fused-ring (bicyclic) bond motifs is 1. The third-order valence-electron chi connectivity index (χ3n) is 5.02. The normalized spacial score (nSPS) is 17.9. The number of nitrogens with zero attached hydrogens (tertiary/aromatic N) is 3. The van der Waals surface area contributed by atoms with E-state index in [0.717, 1.165) is 27.5 Å². The Kier molecular flexibility index (Phi) is 4.63. The Morgan fingerprint density at radius 3 is 2.96 bits per heavy atom. The zero-order chi connectivity index (χ0) is 19.7. The molecule has 1 aliphatic carbocycles. The Bertz CT molecular complexity index is 1110. The lowest BCUT2D eigenvalue weighted by atomic mass is 9.97. The van der Waals surface area contributed by atoms with Crippen LogP contribution in [0.3, 0.4) is 0 Å². The molecule has 0 radical (unpaired) electrons. The second kappa shape index (κ2) is 7.25. The van der Waals surface area contributed by atoms with E-state index in [9.17, 15) is 9.90 Å². The van der Waals surface area contributed by atoms with Gasteiger partial charge >= 0.3 is 0 Å². The number of carbonyl (C=O) groups excluding carboxylic acids is 1. The van der Waals surface area contributed by atoms with E-state index in [0.29, 0.717) is 24.3 Å². The molecule has 0 unspecified atom stereocenters. The molecule has 0 bridgehead atoms. The lowest BCUT2D eigenvalue weighted by Gasteiger charge is -2.12. The fourth-order valence-corrected chi connectivity index (χ4v) is 3.38. The highest BCUT2D eigenvalue weighted by atomic mass is 16.3. The first kappa shape index (κ1) is 17.9. The van der Waals surface area contributed by atoms with Crippen LogP contribution < -0.4 is 11.1 Å². The summed E-state index contributed by atoms with van der Waals surface area (Å²) in [7, 11) is 0. The molecule has 1 saturated carbocycles. The summed E-state index contributed by atoms with van der Waals surface area (Å²) in [5.41, 5.74) is 9.58. The van der Waals surface area contributed by atoms with E-state index in [1.54, 1.807) is 24.7 Å². The van der Waals surface area contributed by atoms with Gasteiger partial charge < -0.3 is 16.2 Å². The second-order valence-electron chi connectivity index (χ2n) is 6.93. The summed E-state index contributed by atoms with van der Waals surface area (Å²) in [5, 5.41) is 22.6. The number of benzene rings is 1. The lowest BCUT2D eigenvalue weighted by molar-refractivity contribution is -0.117. The quantitative estimate of drug-likeness (QED) is 0.590. The van der Waals surface area contributed by atoms with E-state index in [2.05, 4.69) is 21.4 Å². The van der Waals surface area contributed by atoms with Crippen LogP contribution in [0.4, 0.5) is 11.5 Å². The maximum absolute atomic E-state index is 12.2. The van der Waals surface area contributed by atoms with Crippen molar-refractivity contribution < 1.29 is 9.90 Å². The van der Waals surface area contributed by atoms with Gasteiger partial charge in [-0.2, -0.15) is 5.26 Å². The average Bonchev–Trinajstić information content (AvgIpc) is 3.48. The fourth-order valence-electron chi connectivity index (χ4n) is 3.38. The fraction of sp³-hybridized carbons (Fsp3) is 0.238. The Balaban J connectivity index is 1.69. The Labute approximate surface area is 161 Å².